The van der Waals surface area contributed by atoms with Crippen LogP contribution in [0.4, 0.5) is 17.5 Å². The summed E-state index contributed by atoms with van der Waals surface area (Å²) in [5.74, 6) is 1.45. The average molecular weight is 519 g/mol. The Labute approximate surface area is 210 Å². The molecule has 0 aromatic carbocycles. The number of ether oxygens (including phenoxy) is 1. The summed E-state index contributed by atoms with van der Waals surface area (Å²) in [4.78, 5) is 24.0. The second-order valence-corrected chi connectivity index (χ2v) is 9.02. The second-order valence-electron chi connectivity index (χ2n) is 7.91. The van der Waals surface area contributed by atoms with Crippen molar-refractivity contribution in [2.75, 3.05) is 37.4 Å². The van der Waals surface area contributed by atoms with Crippen molar-refractivity contribution < 1.29 is 13.5 Å². The third-order valence-corrected chi connectivity index (χ3v) is 6.27. The molecule has 4 heterocycles. The van der Waals surface area contributed by atoms with Crippen LogP contribution in [0.1, 0.15) is 29.9 Å². The second kappa shape index (κ2) is 11.3. The van der Waals surface area contributed by atoms with Gasteiger partial charge >= 0.3 is 0 Å². The predicted molar refractivity (Wildman–Crippen MR) is 131 cm³/mol. The van der Waals surface area contributed by atoms with E-state index < -0.39 is 11.3 Å². The lowest BCUT2D eigenvalue weighted by Crippen LogP contribution is -2.38. The van der Waals surface area contributed by atoms with Gasteiger partial charge in [-0.25, -0.2) is 19.7 Å². The molecule has 0 spiro atoms. The Kier molecular flexibility index (Phi) is 8.15. The van der Waals surface area contributed by atoms with Crippen LogP contribution in [0, 0.1) is 6.92 Å². The number of nitrogens with one attached hydrogen (secondary N) is 2. The van der Waals surface area contributed by atoms with Crippen molar-refractivity contribution in [2.45, 2.75) is 26.4 Å². The summed E-state index contributed by atoms with van der Waals surface area (Å²) in [6.07, 6.45) is 3.33. The zero-order valence-electron chi connectivity index (χ0n) is 19.2. The van der Waals surface area contributed by atoms with Gasteiger partial charge in [0.1, 0.15) is 16.8 Å². The zero-order chi connectivity index (χ0) is 24.9. The number of halogens is 1. The van der Waals surface area contributed by atoms with E-state index in [-0.39, 0.29) is 23.7 Å². The molecule has 2 atom stereocenters. The highest BCUT2D eigenvalue weighted by Crippen LogP contribution is 2.31. The molecule has 2 unspecified atom stereocenters. The third-order valence-electron chi connectivity index (χ3n) is 5.54. The lowest BCUT2D eigenvalue weighted by atomic mass is 10.1. The molecule has 4 rings (SSSR count). The predicted octanol–water partition coefficient (Wildman–Crippen LogP) is 1.89. The van der Waals surface area contributed by atoms with E-state index in [2.05, 4.69) is 46.8 Å². The van der Waals surface area contributed by atoms with Gasteiger partial charge in [-0.1, -0.05) is 11.6 Å². The highest BCUT2D eigenvalue weighted by molar-refractivity contribution is 7.77. The fourth-order valence-electron chi connectivity index (χ4n) is 3.74. The Bertz CT molecular complexity index is 1210. The molecule has 4 N–H and O–H groups in total. The van der Waals surface area contributed by atoms with Crippen LogP contribution in [-0.4, -0.2) is 64.9 Å². The van der Waals surface area contributed by atoms with Gasteiger partial charge in [0.15, 0.2) is 5.82 Å². The van der Waals surface area contributed by atoms with Crippen molar-refractivity contribution in [2.24, 2.45) is 0 Å². The number of pyridine rings is 2. The largest absolute Gasteiger partial charge is 0.760 e. The Morgan fingerprint density at radius 2 is 2.00 bits per heavy atom. The summed E-state index contributed by atoms with van der Waals surface area (Å²) in [6, 6.07) is 3.77. The van der Waals surface area contributed by atoms with Crippen LogP contribution >= 0.6 is 11.6 Å². The first kappa shape index (κ1) is 25.3. The van der Waals surface area contributed by atoms with Crippen molar-refractivity contribution in [1.82, 2.24) is 34.5 Å². The number of nitrogen functional groups attached to an aromatic ring is 1. The lowest BCUT2D eigenvalue weighted by molar-refractivity contribution is 0.0198. The van der Waals surface area contributed by atoms with Crippen molar-refractivity contribution >= 4 is 40.3 Å². The van der Waals surface area contributed by atoms with Crippen molar-refractivity contribution in [1.29, 1.82) is 0 Å². The van der Waals surface area contributed by atoms with Gasteiger partial charge in [-0.3, -0.25) is 9.11 Å². The minimum atomic E-state index is -2.43. The number of nitrogens with zero attached hydrogens (tertiary/aromatic N) is 6. The van der Waals surface area contributed by atoms with Gasteiger partial charge < -0.3 is 20.3 Å². The molecule has 0 radical (unpaired) electrons. The molecule has 0 amide bonds. The number of aryl methyl sites for hydroxylation is 1. The van der Waals surface area contributed by atoms with Crippen LogP contribution in [0.3, 0.4) is 0 Å². The molecule has 1 fully saturated rings. The number of rotatable bonds is 8. The maximum Gasteiger partial charge on any atom is 0.223 e. The molecule has 35 heavy (non-hydrogen) atoms. The number of nitrogens with two attached hydrogens (primary N) is 1. The quantitative estimate of drug-likeness (QED) is 0.294. The van der Waals surface area contributed by atoms with Crippen molar-refractivity contribution in [3.05, 3.63) is 46.6 Å². The molecule has 1 aliphatic heterocycles. The summed E-state index contributed by atoms with van der Waals surface area (Å²) >= 11 is 3.70. The number of hydrogen-bond donors (Lipinski definition) is 3. The minimum absolute atomic E-state index is 0.00303. The van der Waals surface area contributed by atoms with Crippen LogP contribution in [0.2, 0.25) is 5.15 Å². The van der Waals surface area contributed by atoms with Gasteiger partial charge in [0.25, 0.3) is 0 Å². The van der Waals surface area contributed by atoms with Gasteiger partial charge in [-0.2, -0.15) is 9.97 Å². The Morgan fingerprint density at radius 1 is 1.23 bits per heavy atom. The van der Waals surface area contributed by atoms with Gasteiger partial charge in [0.05, 0.1) is 30.7 Å². The van der Waals surface area contributed by atoms with Crippen molar-refractivity contribution in [3.8, 4) is 11.4 Å². The molecule has 186 valence electrons. The number of morpholine rings is 1. The summed E-state index contributed by atoms with van der Waals surface area (Å²) < 4.78 is 29.5. The van der Waals surface area contributed by atoms with E-state index in [0.717, 1.165) is 18.7 Å². The fraction of sp³-hybridized carbons (Fsp3) is 0.381. The van der Waals surface area contributed by atoms with E-state index in [1.54, 1.807) is 19.2 Å². The first-order valence-electron chi connectivity index (χ1n) is 10.8. The maximum absolute atomic E-state index is 10.9. The Hall–Kier alpha value is -2.81. The molecule has 1 saturated heterocycles. The molecule has 0 saturated carbocycles. The maximum atomic E-state index is 10.9. The van der Waals surface area contributed by atoms with E-state index in [9.17, 15) is 8.76 Å². The number of aromatic nitrogens is 5. The normalized spacial score (nSPS) is 16.1. The summed E-state index contributed by atoms with van der Waals surface area (Å²) in [5.41, 5.74) is 8.58. The molecule has 3 aromatic rings. The van der Waals surface area contributed by atoms with E-state index in [0.29, 0.717) is 47.5 Å². The molecule has 3 aromatic heterocycles. The van der Waals surface area contributed by atoms with E-state index in [1.165, 1.54) is 6.20 Å². The summed E-state index contributed by atoms with van der Waals surface area (Å²) in [6.45, 7) is 6.89. The molecular weight excluding hydrogens is 494 g/mol. The first-order chi connectivity index (χ1) is 16.8. The van der Waals surface area contributed by atoms with Crippen LogP contribution < -0.4 is 15.8 Å². The smallest absolute Gasteiger partial charge is 0.223 e. The molecule has 0 bridgehead atoms. The third kappa shape index (κ3) is 6.45. The van der Waals surface area contributed by atoms with E-state index in [1.807, 2.05) is 6.07 Å². The molecule has 1 aliphatic rings. The average Bonchev–Trinajstić information content (AvgIpc) is 2.84. The number of hydrogen-bond acceptors (Lipinski definition) is 11. The monoisotopic (exact) mass is 518 g/mol. The van der Waals surface area contributed by atoms with E-state index in [4.69, 9.17) is 22.1 Å². The van der Waals surface area contributed by atoms with Gasteiger partial charge in [0, 0.05) is 48.7 Å². The summed E-state index contributed by atoms with van der Waals surface area (Å²) in [5, 5.41) is 3.41. The molecule has 14 heteroatoms. The minimum Gasteiger partial charge on any atom is -0.760 e. The SMILES string of the molecule is Cc1nc(N)nc(-c2cc(C(C)N3CCOCC3)cnc2Nc2cnc(Cl)c(CNS(=O)[O-])c2)n1. The van der Waals surface area contributed by atoms with E-state index >= 15 is 0 Å². The first-order valence-corrected chi connectivity index (χ1v) is 12.3. The van der Waals surface area contributed by atoms with Gasteiger partial charge in [0.2, 0.25) is 5.95 Å². The van der Waals surface area contributed by atoms with Gasteiger partial charge in [-0.05, 0) is 31.5 Å². The molecule has 12 nitrogen and oxygen atoms in total. The standard InChI is InChI=1S/C21H26ClN9O3S/c1-12(31-3-5-34-6-4-31)14-8-17(20-27-13(2)28-21(23)30-20)19(25-9-14)29-16-7-15(10-26-35(32)33)18(22)24-11-16/h7-9,11-12,26H,3-6,10H2,1-2H3,(H,25,29)(H,32,33)(H2,23,27,28,30)/p-1. The fourth-order valence-corrected chi connectivity index (χ4v) is 4.18. The Balaban J connectivity index is 1.70. The van der Waals surface area contributed by atoms with Crippen LogP contribution in [0.5, 0.6) is 0 Å². The number of anilines is 3. The zero-order valence-corrected chi connectivity index (χ0v) is 20.8. The summed E-state index contributed by atoms with van der Waals surface area (Å²) in [7, 11) is 0. The van der Waals surface area contributed by atoms with Crippen molar-refractivity contribution in [3.63, 3.8) is 0 Å². The molecular formula is C21H25ClN9O3S-. The van der Waals surface area contributed by atoms with Gasteiger partial charge in [-0.15, -0.1) is 0 Å². The molecule has 0 aliphatic carbocycles. The van der Waals surface area contributed by atoms with Crippen LogP contribution in [-0.2, 0) is 22.5 Å². The van der Waals surface area contributed by atoms with Crippen LogP contribution in [0.25, 0.3) is 11.4 Å². The topological polar surface area (TPSA) is 167 Å². The highest BCUT2D eigenvalue weighted by atomic mass is 35.5. The Morgan fingerprint density at radius 3 is 2.71 bits per heavy atom. The highest BCUT2D eigenvalue weighted by Gasteiger charge is 2.21. The van der Waals surface area contributed by atoms with Crippen LogP contribution in [0.15, 0.2) is 24.5 Å². The lowest BCUT2D eigenvalue weighted by Gasteiger charge is -2.32.